The van der Waals surface area contributed by atoms with E-state index in [0.29, 0.717) is 32.6 Å². The van der Waals surface area contributed by atoms with Crippen LogP contribution in [0.1, 0.15) is 25.7 Å². The molecule has 0 aromatic rings. The van der Waals surface area contributed by atoms with Crippen LogP contribution in [0.15, 0.2) is 0 Å². The Labute approximate surface area is 148 Å². The number of aliphatic hydroxyl groups is 1. The quantitative estimate of drug-likeness (QED) is 0.657. The van der Waals surface area contributed by atoms with Gasteiger partial charge in [0.15, 0.2) is 9.84 Å². The highest BCUT2D eigenvalue weighted by atomic mass is 32.2. The molecule has 0 aliphatic carbocycles. The van der Waals surface area contributed by atoms with Gasteiger partial charge in [-0.15, -0.1) is 0 Å². The second-order valence-corrected chi connectivity index (χ2v) is 9.34. The molecule has 2 atom stereocenters. The highest BCUT2D eigenvalue weighted by molar-refractivity contribution is 7.91. The second kappa shape index (κ2) is 7.59. The zero-order valence-corrected chi connectivity index (χ0v) is 15.3. The molecule has 0 aromatic heterocycles. The summed E-state index contributed by atoms with van der Waals surface area (Å²) in [4.78, 5) is 30.2. The Morgan fingerprint density at radius 3 is 2.60 bits per heavy atom. The number of nitrogens with zero attached hydrogens (tertiary/aromatic N) is 3. The maximum atomic E-state index is 12.8. The monoisotopic (exact) mass is 373 g/mol. The molecule has 25 heavy (non-hydrogen) atoms. The first-order valence-electron chi connectivity index (χ1n) is 9.04. The highest BCUT2D eigenvalue weighted by Gasteiger charge is 2.47. The first kappa shape index (κ1) is 18.6. The molecule has 0 radical (unpaired) electrons. The van der Waals surface area contributed by atoms with Crippen molar-refractivity contribution in [3.8, 4) is 0 Å². The molecule has 3 saturated heterocycles. The van der Waals surface area contributed by atoms with Gasteiger partial charge in [0.1, 0.15) is 0 Å². The van der Waals surface area contributed by atoms with Crippen molar-refractivity contribution >= 4 is 21.7 Å². The molecule has 8 nitrogen and oxygen atoms in total. The molecule has 3 heterocycles. The molecule has 3 fully saturated rings. The first-order chi connectivity index (χ1) is 11.9. The number of carbonyl (C=O) groups excluding carboxylic acids is 2. The van der Waals surface area contributed by atoms with Gasteiger partial charge >= 0.3 is 0 Å². The van der Waals surface area contributed by atoms with Crippen molar-refractivity contribution in [2.45, 2.75) is 37.8 Å². The van der Waals surface area contributed by atoms with Crippen LogP contribution in [-0.4, -0.2) is 103 Å². The van der Waals surface area contributed by atoms with Crippen molar-refractivity contribution < 1.29 is 23.1 Å². The number of aliphatic hydroxyl groups excluding tert-OH is 1. The van der Waals surface area contributed by atoms with E-state index >= 15 is 0 Å². The average molecular weight is 373 g/mol. The Morgan fingerprint density at radius 2 is 1.84 bits per heavy atom. The topological polar surface area (TPSA) is 98.2 Å². The molecule has 1 N–H and O–H groups in total. The zero-order chi connectivity index (χ0) is 18.0. The lowest BCUT2D eigenvalue weighted by Crippen LogP contribution is -2.62. The lowest BCUT2D eigenvalue weighted by molar-refractivity contribution is -0.143. The molecule has 0 bridgehead atoms. The molecule has 3 aliphatic heterocycles. The fourth-order valence-corrected chi connectivity index (χ4v) is 6.21. The fourth-order valence-electron chi connectivity index (χ4n) is 4.20. The minimum Gasteiger partial charge on any atom is -0.395 e. The van der Waals surface area contributed by atoms with Crippen LogP contribution in [0.5, 0.6) is 0 Å². The van der Waals surface area contributed by atoms with E-state index in [2.05, 4.69) is 0 Å². The largest absolute Gasteiger partial charge is 0.395 e. The number of likely N-dealkylation sites (tertiary alicyclic amines) is 1. The van der Waals surface area contributed by atoms with Gasteiger partial charge < -0.3 is 14.9 Å². The van der Waals surface area contributed by atoms with Crippen LogP contribution < -0.4 is 0 Å². The Balaban J connectivity index is 1.71. The molecule has 0 aromatic carbocycles. The van der Waals surface area contributed by atoms with Crippen LogP contribution in [0.4, 0.5) is 0 Å². The van der Waals surface area contributed by atoms with Gasteiger partial charge in [0.05, 0.1) is 30.7 Å². The summed E-state index contributed by atoms with van der Waals surface area (Å²) in [5, 5.41) is 9.20. The van der Waals surface area contributed by atoms with Crippen LogP contribution in [0, 0.1) is 0 Å². The maximum Gasteiger partial charge on any atom is 0.242 e. The molecule has 0 saturated carbocycles. The lowest BCUT2D eigenvalue weighted by atomic mass is 10.0. The molecule has 0 spiro atoms. The standard InChI is InChI=1S/C16H27N3O5S/c20-9-8-17-6-7-19(14-12-25(23,24)11-13(14)17)16(22)10-18-5-3-1-2-4-15(18)21/h13-14,20H,1-12H2/t13-,14+/m1/s1. The van der Waals surface area contributed by atoms with Crippen LogP contribution in [-0.2, 0) is 19.4 Å². The third kappa shape index (κ3) is 4.15. The van der Waals surface area contributed by atoms with E-state index in [9.17, 15) is 23.1 Å². The van der Waals surface area contributed by atoms with E-state index in [1.165, 1.54) is 0 Å². The summed E-state index contributed by atoms with van der Waals surface area (Å²) < 4.78 is 24.2. The van der Waals surface area contributed by atoms with Gasteiger partial charge in [-0.25, -0.2) is 8.42 Å². The van der Waals surface area contributed by atoms with Gasteiger partial charge in [0, 0.05) is 38.6 Å². The van der Waals surface area contributed by atoms with Gasteiger partial charge in [-0.1, -0.05) is 6.42 Å². The Morgan fingerprint density at radius 1 is 1.08 bits per heavy atom. The van der Waals surface area contributed by atoms with Gasteiger partial charge in [-0.05, 0) is 12.8 Å². The van der Waals surface area contributed by atoms with Crippen LogP contribution >= 0.6 is 0 Å². The molecule has 142 valence electrons. The van der Waals surface area contributed by atoms with Gasteiger partial charge in [-0.2, -0.15) is 0 Å². The third-order valence-electron chi connectivity index (χ3n) is 5.50. The number of rotatable bonds is 4. The minimum absolute atomic E-state index is 0.0142. The normalized spacial score (nSPS) is 30.2. The predicted molar refractivity (Wildman–Crippen MR) is 91.6 cm³/mol. The van der Waals surface area contributed by atoms with Crippen molar-refractivity contribution in [2.75, 3.05) is 50.8 Å². The molecule has 3 rings (SSSR count). The van der Waals surface area contributed by atoms with Crippen molar-refractivity contribution in [3.63, 3.8) is 0 Å². The summed E-state index contributed by atoms with van der Waals surface area (Å²) >= 11 is 0. The summed E-state index contributed by atoms with van der Waals surface area (Å²) in [5.41, 5.74) is 0. The SMILES string of the molecule is O=C1CCCCCN1CC(=O)N1CCN(CCO)[C@@H]2CS(=O)(=O)C[C@@H]21. The number of fused-ring (bicyclic) bond motifs is 1. The van der Waals surface area contributed by atoms with E-state index in [4.69, 9.17) is 0 Å². The number of carbonyl (C=O) groups is 2. The summed E-state index contributed by atoms with van der Waals surface area (Å²) in [5.74, 6) is -0.144. The maximum absolute atomic E-state index is 12.8. The Bertz CT molecular complexity index is 623. The molecule has 2 amide bonds. The second-order valence-electron chi connectivity index (χ2n) is 7.18. The number of amides is 2. The summed E-state index contributed by atoms with van der Waals surface area (Å²) in [6.07, 6.45) is 3.26. The zero-order valence-electron chi connectivity index (χ0n) is 14.5. The number of hydrogen-bond donors (Lipinski definition) is 1. The van der Waals surface area contributed by atoms with E-state index in [-0.39, 0.29) is 48.6 Å². The number of hydrogen-bond acceptors (Lipinski definition) is 6. The van der Waals surface area contributed by atoms with E-state index < -0.39 is 9.84 Å². The lowest BCUT2D eigenvalue weighted by Gasteiger charge is -2.44. The smallest absolute Gasteiger partial charge is 0.242 e. The molecule has 0 unspecified atom stereocenters. The van der Waals surface area contributed by atoms with E-state index in [1.807, 2.05) is 4.90 Å². The van der Waals surface area contributed by atoms with Crippen molar-refractivity contribution in [1.82, 2.24) is 14.7 Å². The van der Waals surface area contributed by atoms with Crippen LogP contribution in [0.25, 0.3) is 0 Å². The van der Waals surface area contributed by atoms with Crippen molar-refractivity contribution in [3.05, 3.63) is 0 Å². The number of piperazine rings is 1. The summed E-state index contributed by atoms with van der Waals surface area (Å²) in [6, 6.07) is -0.630. The van der Waals surface area contributed by atoms with Gasteiger partial charge in [0.2, 0.25) is 11.8 Å². The van der Waals surface area contributed by atoms with E-state index in [1.54, 1.807) is 9.80 Å². The van der Waals surface area contributed by atoms with Gasteiger partial charge in [-0.3, -0.25) is 14.5 Å². The summed E-state index contributed by atoms with van der Waals surface area (Å²) in [6.45, 7) is 2.03. The molecule has 9 heteroatoms. The van der Waals surface area contributed by atoms with Crippen molar-refractivity contribution in [2.24, 2.45) is 0 Å². The number of sulfone groups is 1. The Hall–Kier alpha value is -1.19. The third-order valence-corrected chi connectivity index (χ3v) is 7.19. The Kier molecular flexibility index (Phi) is 5.65. The van der Waals surface area contributed by atoms with Crippen molar-refractivity contribution in [1.29, 1.82) is 0 Å². The average Bonchev–Trinajstić information content (AvgIpc) is 2.75. The molecular formula is C16H27N3O5S. The summed E-state index contributed by atoms with van der Waals surface area (Å²) in [7, 11) is -3.19. The van der Waals surface area contributed by atoms with Crippen LogP contribution in [0.2, 0.25) is 0 Å². The highest BCUT2D eigenvalue weighted by Crippen LogP contribution is 2.27. The molecule has 3 aliphatic rings. The minimum atomic E-state index is -3.19. The van der Waals surface area contributed by atoms with E-state index in [0.717, 1.165) is 19.3 Å². The predicted octanol–water partition coefficient (Wildman–Crippen LogP) is -1.31. The van der Waals surface area contributed by atoms with Gasteiger partial charge in [0.25, 0.3) is 0 Å². The van der Waals surface area contributed by atoms with Crippen LogP contribution in [0.3, 0.4) is 0 Å². The molecular weight excluding hydrogens is 346 g/mol. The fraction of sp³-hybridized carbons (Fsp3) is 0.875. The first-order valence-corrected chi connectivity index (χ1v) is 10.9. The number of β-amino-alcohol motifs (C(OH)–C–C–N with tert-alkyl or cyclic N) is 1.